The Morgan fingerprint density at radius 2 is 1.88 bits per heavy atom. The highest BCUT2D eigenvalue weighted by atomic mass is 19.4. The first kappa shape index (κ1) is 18.2. The number of nitrogens with two attached hydrogens (primary N) is 2. The molecule has 0 radical (unpaired) electrons. The molecular weight excluding hydrogens is 343 g/mol. The maximum atomic E-state index is 12.5. The molecule has 5 nitrogen and oxygen atoms in total. The summed E-state index contributed by atoms with van der Waals surface area (Å²) >= 11 is 0. The largest absolute Gasteiger partial charge is 0.389 e. The number of nitrogens with zero attached hydrogens (tertiary/aromatic N) is 3. The van der Waals surface area contributed by atoms with Gasteiger partial charge in [0, 0.05) is 31.3 Å². The average molecular weight is 363 g/mol. The van der Waals surface area contributed by atoms with Gasteiger partial charge in [0.15, 0.2) is 5.82 Å². The second-order valence-corrected chi connectivity index (χ2v) is 6.03. The number of alkyl halides is 3. The van der Waals surface area contributed by atoms with Gasteiger partial charge >= 0.3 is 6.18 Å². The zero-order chi connectivity index (χ0) is 18.7. The minimum Gasteiger partial charge on any atom is -0.382 e. The fraction of sp³-hybridized carbons (Fsp3) is 0.333. The van der Waals surface area contributed by atoms with Crippen LogP contribution in [0.4, 0.5) is 19.0 Å². The molecule has 3 rings (SSSR count). The van der Waals surface area contributed by atoms with Crippen LogP contribution in [-0.2, 0) is 13.0 Å². The number of aromatic nitrogens is 3. The lowest BCUT2D eigenvalue weighted by Crippen LogP contribution is -2.09. The molecule has 0 bridgehead atoms. The SMILES string of the molecule is NC/C=C/Cn1c(CCCC(F)(F)F)nc2c(N)nc3ccccc3c21. The highest BCUT2D eigenvalue weighted by Crippen LogP contribution is 2.30. The molecule has 4 N–H and O–H groups in total. The standard InChI is InChI=1S/C18H20F3N5/c19-18(20,21)9-5-8-14-25-15-16(26(14)11-4-3-10-22)12-6-1-2-7-13(12)24-17(15)23/h1-4,6-7H,5,8-11,22H2,(H2,23,24)/b4-3+. The predicted octanol–water partition coefficient (Wildman–Crippen LogP) is 3.57. The minimum absolute atomic E-state index is 0.0291. The molecule has 2 aromatic heterocycles. The third-order valence-electron chi connectivity index (χ3n) is 4.14. The van der Waals surface area contributed by atoms with Crippen molar-refractivity contribution in [2.24, 2.45) is 5.73 Å². The lowest BCUT2D eigenvalue weighted by molar-refractivity contribution is -0.135. The molecule has 3 aromatic rings. The summed E-state index contributed by atoms with van der Waals surface area (Å²) in [6, 6.07) is 7.51. The molecule has 26 heavy (non-hydrogen) atoms. The smallest absolute Gasteiger partial charge is 0.382 e. The zero-order valence-electron chi connectivity index (χ0n) is 14.1. The Morgan fingerprint density at radius 3 is 2.62 bits per heavy atom. The lowest BCUT2D eigenvalue weighted by atomic mass is 10.2. The van der Waals surface area contributed by atoms with Gasteiger partial charge in [0.1, 0.15) is 11.3 Å². The summed E-state index contributed by atoms with van der Waals surface area (Å²) in [6.45, 7) is 0.850. The van der Waals surface area contributed by atoms with Crippen LogP contribution < -0.4 is 11.5 Å². The molecule has 0 aliphatic carbocycles. The Kier molecular flexibility index (Phi) is 5.13. The van der Waals surface area contributed by atoms with E-state index in [4.69, 9.17) is 11.5 Å². The molecule has 0 aliphatic rings. The van der Waals surface area contributed by atoms with E-state index in [1.807, 2.05) is 34.9 Å². The fourth-order valence-corrected chi connectivity index (χ4v) is 3.02. The van der Waals surface area contributed by atoms with Gasteiger partial charge in [-0.3, -0.25) is 0 Å². The van der Waals surface area contributed by atoms with E-state index in [2.05, 4.69) is 9.97 Å². The number of aryl methyl sites for hydroxylation is 1. The Hall–Kier alpha value is -2.61. The molecule has 8 heteroatoms. The van der Waals surface area contributed by atoms with Gasteiger partial charge in [-0.1, -0.05) is 30.4 Å². The maximum Gasteiger partial charge on any atom is 0.389 e. The molecule has 0 saturated heterocycles. The van der Waals surface area contributed by atoms with Crippen LogP contribution in [0.2, 0.25) is 0 Å². The molecule has 0 amide bonds. The number of para-hydroxylation sites is 1. The monoisotopic (exact) mass is 363 g/mol. The summed E-state index contributed by atoms with van der Waals surface area (Å²) in [5.41, 5.74) is 13.6. The number of benzene rings is 1. The molecule has 0 aliphatic heterocycles. The summed E-state index contributed by atoms with van der Waals surface area (Å²) in [5.74, 6) is 0.841. The number of nitrogen functional groups attached to an aromatic ring is 1. The van der Waals surface area contributed by atoms with Gasteiger partial charge in [-0.2, -0.15) is 13.2 Å². The van der Waals surface area contributed by atoms with E-state index in [0.717, 1.165) is 16.4 Å². The Morgan fingerprint density at radius 1 is 1.12 bits per heavy atom. The van der Waals surface area contributed by atoms with Crippen molar-refractivity contribution in [1.82, 2.24) is 14.5 Å². The number of hydrogen-bond acceptors (Lipinski definition) is 4. The maximum absolute atomic E-state index is 12.5. The fourth-order valence-electron chi connectivity index (χ4n) is 3.02. The van der Waals surface area contributed by atoms with Crippen molar-refractivity contribution in [2.75, 3.05) is 12.3 Å². The van der Waals surface area contributed by atoms with Crippen molar-refractivity contribution in [3.8, 4) is 0 Å². The molecular formula is C18H20F3N5. The average Bonchev–Trinajstić information content (AvgIpc) is 2.94. The summed E-state index contributed by atoms with van der Waals surface area (Å²) in [6.07, 6.45) is -1.16. The van der Waals surface area contributed by atoms with Gasteiger partial charge in [0.2, 0.25) is 0 Å². The van der Waals surface area contributed by atoms with Crippen molar-refractivity contribution in [3.63, 3.8) is 0 Å². The number of imidazole rings is 1. The molecule has 0 saturated carbocycles. The van der Waals surface area contributed by atoms with Crippen molar-refractivity contribution in [2.45, 2.75) is 32.0 Å². The highest BCUT2D eigenvalue weighted by Gasteiger charge is 2.26. The molecule has 0 spiro atoms. The van der Waals surface area contributed by atoms with Crippen molar-refractivity contribution < 1.29 is 13.2 Å². The molecule has 0 unspecified atom stereocenters. The summed E-state index contributed by atoms with van der Waals surface area (Å²) < 4.78 is 39.4. The van der Waals surface area contributed by atoms with Crippen LogP contribution in [0, 0.1) is 0 Å². The van der Waals surface area contributed by atoms with E-state index in [-0.39, 0.29) is 18.7 Å². The van der Waals surface area contributed by atoms with Crippen LogP contribution in [0.1, 0.15) is 18.7 Å². The topological polar surface area (TPSA) is 82.8 Å². The number of fused-ring (bicyclic) bond motifs is 3. The van der Waals surface area contributed by atoms with Crippen molar-refractivity contribution in [1.29, 1.82) is 0 Å². The van der Waals surface area contributed by atoms with Crippen LogP contribution in [0.15, 0.2) is 36.4 Å². The summed E-state index contributed by atoms with van der Waals surface area (Å²) in [5, 5.41) is 0.868. The van der Waals surface area contributed by atoms with Gasteiger partial charge in [0.25, 0.3) is 0 Å². The molecule has 1 aromatic carbocycles. The van der Waals surface area contributed by atoms with E-state index < -0.39 is 12.6 Å². The minimum atomic E-state index is -4.18. The van der Waals surface area contributed by atoms with Crippen molar-refractivity contribution >= 4 is 27.8 Å². The lowest BCUT2D eigenvalue weighted by Gasteiger charge is -2.09. The summed E-state index contributed by atoms with van der Waals surface area (Å²) in [4.78, 5) is 8.86. The molecule has 2 heterocycles. The van der Waals surface area contributed by atoms with Gasteiger partial charge in [-0.05, 0) is 12.5 Å². The number of rotatable bonds is 6. The number of anilines is 1. The first-order valence-corrected chi connectivity index (χ1v) is 8.36. The van der Waals surface area contributed by atoms with Gasteiger partial charge in [-0.15, -0.1) is 0 Å². The number of pyridine rings is 1. The zero-order valence-corrected chi connectivity index (χ0v) is 14.1. The van der Waals surface area contributed by atoms with Crippen LogP contribution in [0.3, 0.4) is 0 Å². The Balaban J connectivity index is 2.10. The Bertz CT molecular complexity index is 943. The van der Waals surface area contributed by atoms with E-state index in [0.29, 0.717) is 24.4 Å². The van der Waals surface area contributed by atoms with Gasteiger partial charge in [-0.25, -0.2) is 9.97 Å². The van der Waals surface area contributed by atoms with E-state index in [1.54, 1.807) is 6.08 Å². The first-order chi connectivity index (χ1) is 12.4. The van der Waals surface area contributed by atoms with E-state index in [9.17, 15) is 13.2 Å². The molecule has 138 valence electrons. The normalized spacial score (nSPS) is 12.6. The quantitative estimate of drug-likeness (QED) is 0.656. The Labute approximate surface area is 148 Å². The van der Waals surface area contributed by atoms with Crippen LogP contribution >= 0.6 is 0 Å². The number of hydrogen-bond donors (Lipinski definition) is 2. The highest BCUT2D eigenvalue weighted by molar-refractivity contribution is 6.06. The molecule has 0 fully saturated rings. The number of allylic oxidation sites excluding steroid dienone is 1. The van der Waals surface area contributed by atoms with Gasteiger partial charge in [0.05, 0.1) is 11.0 Å². The number of halogens is 3. The van der Waals surface area contributed by atoms with Crippen LogP contribution in [-0.4, -0.2) is 27.3 Å². The third kappa shape index (κ3) is 3.80. The summed E-state index contributed by atoms with van der Waals surface area (Å²) in [7, 11) is 0. The first-order valence-electron chi connectivity index (χ1n) is 8.36. The van der Waals surface area contributed by atoms with Crippen LogP contribution in [0.5, 0.6) is 0 Å². The van der Waals surface area contributed by atoms with E-state index in [1.165, 1.54) is 0 Å². The second-order valence-electron chi connectivity index (χ2n) is 6.03. The van der Waals surface area contributed by atoms with Crippen molar-refractivity contribution in [3.05, 3.63) is 42.2 Å². The van der Waals surface area contributed by atoms with Crippen LogP contribution in [0.25, 0.3) is 21.9 Å². The predicted molar refractivity (Wildman–Crippen MR) is 96.6 cm³/mol. The molecule has 0 atom stereocenters. The van der Waals surface area contributed by atoms with E-state index >= 15 is 0 Å². The second kappa shape index (κ2) is 7.33. The van der Waals surface area contributed by atoms with Gasteiger partial charge < -0.3 is 16.0 Å². The third-order valence-corrected chi connectivity index (χ3v) is 4.14.